The third-order valence-electron chi connectivity index (χ3n) is 2.92. The Morgan fingerprint density at radius 1 is 1.00 bits per heavy atom. The van der Waals surface area contributed by atoms with Gasteiger partial charge in [0.15, 0.2) is 5.78 Å². The Bertz CT molecular complexity index is 602. The lowest BCUT2D eigenvalue weighted by Crippen LogP contribution is -1.99. The van der Waals surface area contributed by atoms with Gasteiger partial charge in [0.2, 0.25) is 0 Å². The molecule has 0 unspecified atom stereocenters. The summed E-state index contributed by atoms with van der Waals surface area (Å²) in [5.41, 5.74) is 0.642. The molecule has 2 rings (SSSR count). The molecule has 0 aromatic heterocycles. The summed E-state index contributed by atoms with van der Waals surface area (Å²) in [7, 11) is 0. The highest BCUT2D eigenvalue weighted by Crippen LogP contribution is 2.34. The SMILES string of the molecule is CCOc1cc(C(C)=O)cc2c(OCC)cccc12. The monoisotopic (exact) mass is 258 g/mol. The van der Waals surface area contributed by atoms with Gasteiger partial charge in [-0.3, -0.25) is 4.79 Å². The van der Waals surface area contributed by atoms with Crippen molar-refractivity contribution in [3.8, 4) is 11.5 Å². The molecule has 0 fully saturated rings. The minimum atomic E-state index is 0.0224. The van der Waals surface area contributed by atoms with Crippen LogP contribution in [0.2, 0.25) is 0 Å². The molecule has 2 aromatic rings. The van der Waals surface area contributed by atoms with Gasteiger partial charge in [0.05, 0.1) is 13.2 Å². The smallest absolute Gasteiger partial charge is 0.159 e. The predicted molar refractivity (Wildman–Crippen MR) is 76.3 cm³/mol. The van der Waals surface area contributed by atoms with Gasteiger partial charge in [-0.1, -0.05) is 12.1 Å². The van der Waals surface area contributed by atoms with Gasteiger partial charge in [-0.15, -0.1) is 0 Å². The molecule has 0 spiro atoms. The van der Waals surface area contributed by atoms with Crippen LogP contribution in [0.25, 0.3) is 10.8 Å². The van der Waals surface area contributed by atoms with E-state index in [0.29, 0.717) is 18.8 Å². The largest absolute Gasteiger partial charge is 0.493 e. The van der Waals surface area contributed by atoms with E-state index in [-0.39, 0.29) is 5.78 Å². The summed E-state index contributed by atoms with van der Waals surface area (Å²) in [6.45, 7) is 6.58. The fourth-order valence-corrected chi connectivity index (χ4v) is 2.08. The van der Waals surface area contributed by atoms with Crippen LogP contribution in [-0.4, -0.2) is 19.0 Å². The van der Waals surface area contributed by atoms with Gasteiger partial charge in [-0.05, 0) is 39.0 Å². The number of ether oxygens (including phenoxy) is 2. The number of Topliss-reactive ketones (excluding diaryl/α,β-unsaturated/α-hetero) is 1. The number of fused-ring (bicyclic) bond motifs is 1. The van der Waals surface area contributed by atoms with Crippen molar-refractivity contribution >= 4 is 16.6 Å². The Hall–Kier alpha value is -2.03. The molecule has 0 bridgehead atoms. The van der Waals surface area contributed by atoms with E-state index in [1.54, 1.807) is 13.0 Å². The van der Waals surface area contributed by atoms with Crippen molar-refractivity contribution in [1.29, 1.82) is 0 Å². The van der Waals surface area contributed by atoms with Crippen molar-refractivity contribution in [2.24, 2.45) is 0 Å². The van der Waals surface area contributed by atoms with E-state index in [1.807, 2.05) is 38.1 Å². The summed E-state index contributed by atoms with van der Waals surface area (Å²) in [6, 6.07) is 9.48. The molecule has 0 atom stereocenters. The summed E-state index contributed by atoms with van der Waals surface area (Å²) >= 11 is 0. The van der Waals surface area contributed by atoms with E-state index in [2.05, 4.69) is 0 Å². The zero-order valence-corrected chi connectivity index (χ0v) is 11.5. The summed E-state index contributed by atoms with van der Waals surface area (Å²) < 4.78 is 11.3. The highest BCUT2D eigenvalue weighted by molar-refractivity contribution is 6.02. The first kappa shape index (κ1) is 13.4. The molecule has 0 aliphatic heterocycles. The highest BCUT2D eigenvalue weighted by atomic mass is 16.5. The maximum Gasteiger partial charge on any atom is 0.159 e. The maximum absolute atomic E-state index is 11.6. The van der Waals surface area contributed by atoms with Crippen LogP contribution in [0.4, 0.5) is 0 Å². The molecule has 0 amide bonds. The molecule has 3 nitrogen and oxygen atoms in total. The van der Waals surface area contributed by atoms with Crippen LogP contribution >= 0.6 is 0 Å². The maximum atomic E-state index is 11.6. The number of benzene rings is 2. The number of hydrogen-bond acceptors (Lipinski definition) is 3. The summed E-state index contributed by atoms with van der Waals surface area (Å²) in [5, 5.41) is 1.89. The number of hydrogen-bond donors (Lipinski definition) is 0. The summed E-state index contributed by atoms with van der Waals surface area (Å²) in [5.74, 6) is 1.53. The van der Waals surface area contributed by atoms with Crippen LogP contribution in [0.15, 0.2) is 30.3 Å². The summed E-state index contributed by atoms with van der Waals surface area (Å²) in [6.07, 6.45) is 0. The Morgan fingerprint density at radius 2 is 1.68 bits per heavy atom. The topological polar surface area (TPSA) is 35.5 Å². The molecule has 19 heavy (non-hydrogen) atoms. The Morgan fingerprint density at radius 3 is 2.32 bits per heavy atom. The van der Waals surface area contributed by atoms with E-state index in [1.165, 1.54) is 0 Å². The lowest BCUT2D eigenvalue weighted by Gasteiger charge is -2.13. The van der Waals surface area contributed by atoms with Crippen molar-refractivity contribution in [1.82, 2.24) is 0 Å². The van der Waals surface area contributed by atoms with Crippen LogP contribution in [0.1, 0.15) is 31.1 Å². The molecular formula is C16H18O3. The molecule has 0 heterocycles. The van der Waals surface area contributed by atoms with Crippen LogP contribution in [0, 0.1) is 0 Å². The van der Waals surface area contributed by atoms with Crippen molar-refractivity contribution in [3.05, 3.63) is 35.9 Å². The van der Waals surface area contributed by atoms with E-state index in [4.69, 9.17) is 9.47 Å². The van der Waals surface area contributed by atoms with Crippen LogP contribution < -0.4 is 9.47 Å². The van der Waals surface area contributed by atoms with Gasteiger partial charge in [0.1, 0.15) is 11.5 Å². The average Bonchev–Trinajstić information content (AvgIpc) is 2.40. The van der Waals surface area contributed by atoms with Crippen LogP contribution in [0.5, 0.6) is 11.5 Å². The van der Waals surface area contributed by atoms with E-state index < -0.39 is 0 Å². The molecule has 0 aliphatic carbocycles. The van der Waals surface area contributed by atoms with Gasteiger partial charge in [0, 0.05) is 16.3 Å². The standard InChI is InChI=1S/C16H18O3/c1-4-18-15-8-6-7-13-14(15)9-12(11(3)17)10-16(13)19-5-2/h6-10H,4-5H2,1-3H3. The molecule has 2 aromatic carbocycles. The molecule has 0 N–H and O–H groups in total. The van der Waals surface area contributed by atoms with Gasteiger partial charge in [-0.2, -0.15) is 0 Å². The van der Waals surface area contributed by atoms with Crippen molar-refractivity contribution in [2.45, 2.75) is 20.8 Å². The molecule has 0 aliphatic rings. The molecule has 0 radical (unpaired) electrons. The molecule has 0 saturated heterocycles. The number of rotatable bonds is 5. The van der Waals surface area contributed by atoms with Crippen molar-refractivity contribution in [3.63, 3.8) is 0 Å². The number of carbonyl (C=O) groups excluding carboxylic acids is 1. The third-order valence-corrected chi connectivity index (χ3v) is 2.92. The third kappa shape index (κ3) is 2.70. The zero-order valence-electron chi connectivity index (χ0n) is 11.5. The van der Waals surface area contributed by atoms with Gasteiger partial charge in [-0.25, -0.2) is 0 Å². The van der Waals surface area contributed by atoms with Crippen LogP contribution in [-0.2, 0) is 0 Å². The first-order valence-corrected chi connectivity index (χ1v) is 6.50. The minimum absolute atomic E-state index is 0.0224. The lowest BCUT2D eigenvalue weighted by molar-refractivity contribution is 0.101. The van der Waals surface area contributed by atoms with E-state index in [0.717, 1.165) is 22.3 Å². The summed E-state index contributed by atoms with van der Waals surface area (Å²) in [4.78, 5) is 11.6. The first-order valence-electron chi connectivity index (χ1n) is 6.50. The molecule has 0 saturated carbocycles. The average molecular weight is 258 g/mol. The fourth-order valence-electron chi connectivity index (χ4n) is 2.08. The second-order valence-corrected chi connectivity index (χ2v) is 4.25. The normalized spacial score (nSPS) is 10.5. The Labute approximate surface area is 113 Å². The fraction of sp³-hybridized carbons (Fsp3) is 0.312. The number of ketones is 1. The van der Waals surface area contributed by atoms with E-state index in [9.17, 15) is 4.79 Å². The Kier molecular flexibility index (Phi) is 4.05. The van der Waals surface area contributed by atoms with Crippen molar-refractivity contribution in [2.75, 3.05) is 13.2 Å². The minimum Gasteiger partial charge on any atom is -0.493 e. The zero-order chi connectivity index (χ0) is 13.8. The van der Waals surface area contributed by atoms with E-state index >= 15 is 0 Å². The predicted octanol–water partition coefficient (Wildman–Crippen LogP) is 3.84. The Balaban J connectivity index is 2.71. The molecule has 100 valence electrons. The van der Waals surface area contributed by atoms with Gasteiger partial charge in [0.25, 0.3) is 0 Å². The van der Waals surface area contributed by atoms with Gasteiger partial charge >= 0.3 is 0 Å². The first-order chi connectivity index (χ1) is 9.17. The lowest BCUT2D eigenvalue weighted by atomic mass is 10.0. The second kappa shape index (κ2) is 5.74. The highest BCUT2D eigenvalue weighted by Gasteiger charge is 2.11. The van der Waals surface area contributed by atoms with Crippen molar-refractivity contribution < 1.29 is 14.3 Å². The van der Waals surface area contributed by atoms with Crippen LogP contribution in [0.3, 0.4) is 0 Å². The molecular weight excluding hydrogens is 240 g/mol. The van der Waals surface area contributed by atoms with Gasteiger partial charge < -0.3 is 9.47 Å². The quantitative estimate of drug-likeness (QED) is 0.764. The number of carbonyl (C=O) groups is 1. The molecule has 3 heteroatoms. The second-order valence-electron chi connectivity index (χ2n) is 4.25.